The molecule has 0 bridgehead atoms. The van der Waals surface area contributed by atoms with Crippen molar-refractivity contribution in [3.05, 3.63) is 22.4 Å². The molecular formula is C12H21ClN2S. The predicted octanol–water partition coefficient (Wildman–Crippen LogP) is 2.87. The summed E-state index contributed by atoms with van der Waals surface area (Å²) in [4.78, 5) is 4.10. The van der Waals surface area contributed by atoms with Gasteiger partial charge >= 0.3 is 0 Å². The van der Waals surface area contributed by atoms with Crippen molar-refractivity contribution in [3.8, 4) is 0 Å². The minimum absolute atomic E-state index is 0. The van der Waals surface area contributed by atoms with Crippen LogP contribution < -0.4 is 5.73 Å². The summed E-state index contributed by atoms with van der Waals surface area (Å²) in [7, 11) is 0. The summed E-state index contributed by atoms with van der Waals surface area (Å²) in [5.41, 5.74) is 5.67. The Morgan fingerprint density at radius 3 is 3.00 bits per heavy atom. The molecule has 0 radical (unpaired) electrons. The van der Waals surface area contributed by atoms with E-state index in [1.54, 1.807) is 0 Å². The summed E-state index contributed by atoms with van der Waals surface area (Å²) >= 11 is 1.86. The number of nitrogens with zero attached hydrogens (tertiary/aromatic N) is 1. The standard InChI is InChI=1S/C12H20N2S.ClH/c13-7-6-11-4-1-2-8-14(11)10-12-5-3-9-15-12;/h3,5,9,11H,1-2,4,6-8,10,13H2;1H. The van der Waals surface area contributed by atoms with Gasteiger partial charge in [0, 0.05) is 17.5 Å². The summed E-state index contributed by atoms with van der Waals surface area (Å²) in [6.07, 6.45) is 5.23. The first kappa shape index (κ1) is 14.0. The van der Waals surface area contributed by atoms with Crippen LogP contribution >= 0.6 is 23.7 Å². The average molecular weight is 261 g/mol. The predicted molar refractivity (Wildman–Crippen MR) is 73.3 cm³/mol. The van der Waals surface area contributed by atoms with E-state index in [2.05, 4.69) is 22.4 Å². The molecule has 2 N–H and O–H groups in total. The summed E-state index contributed by atoms with van der Waals surface area (Å²) < 4.78 is 0. The second kappa shape index (κ2) is 7.28. The molecule has 0 saturated carbocycles. The fourth-order valence-corrected chi connectivity index (χ4v) is 3.12. The van der Waals surface area contributed by atoms with Crippen LogP contribution in [0.25, 0.3) is 0 Å². The van der Waals surface area contributed by atoms with Gasteiger partial charge in [0.2, 0.25) is 0 Å². The van der Waals surface area contributed by atoms with E-state index in [0.717, 1.165) is 25.6 Å². The SMILES string of the molecule is Cl.NCCC1CCCCN1Cc1cccs1. The van der Waals surface area contributed by atoms with E-state index in [1.807, 2.05) is 11.3 Å². The van der Waals surface area contributed by atoms with Gasteiger partial charge in [-0.05, 0) is 43.8 Å². The highest BCUT2D eigenvalue weighted by Gasteiger charge is 2.21. The molecule has 1 aliphatic rings. The van der Waals surface area contributed by atoms with Crippen LogP contribution in [0.5, 0.6) is 0 Å². The lowest BCUT2D eigenvalue weighted by atomic mass is 9.99. The monoisotopic (exact) mass is 260 g/mol. The molecule has 1 saturated heterocycles. The average Bonchev–Trinajstić information content (AvgIpc) is 2.74. The molecule has 0 aromatic carbocycles. The van der Waals surface area contributed by atoms with E-state index in [4.69, 9.17) is 5.73 Å². The zero-order chi connectivity index (χ0) is 10.5. The van der Waals surface area contributed by atoms with Gasteiger partial charge in [0.25, 0.3) is 0 Å². The summed E-state index contributed by atoms with van der Waals surface area (Å²) in [5.74, 6) is 0. The first-order valence-electron chi connectivity index (χ1n) is 5.86. The molecule has 2 nitrogen and oxygen atoms in total. The van der Waals surface area contributed by atoms with E-state index in [-0.39, 0.29) is 12.4 Å². The van der Waals surface area contributed by atoms with Gasteiger partial charge in [0.05, 0.1) is 0 Å². The molecule has 1 atom stereocenters. The molecule has 92 valence electrons. The summed E-state index contributed by atoms with van der Waals surface area (Å²) in [5, 5.41) is 2.16. The lowest BCUT2D eigenvalue weighted by Crippen LogP contribution is -2.39. The van der Waals surface area contributed by atoms with Crippen LogP contribution in [-0.2, 0) is 6.54 Å². The molecule has 16 heavy (non-hydrogen) atoms. The van der Waals surface area contributed by atoms with Gasteiger partial charge in [-0.2, -0.15) is 0 Å². The molecular weight excluding hydrogens is 240 g/mol. The van der Waals surface area contributed by atoms with Crippen molar-refractivity contribution in [2.45, 2.75) is 38.3 Å². The smallest absolute Gasteiger partial charge is 0.0330 e. The Bertz CT molecular complexity index is 275. The van der Waals surface area contributed by atoms with Gasteiger partial charge < -0.3 is 5.73 Å². The van der Waals surface area contributed by atoms with Crippen molar-refractivity contribution in [2.24, 2.45) is 5.73 Å². The van der Waals surface area contributed by atoms with E-state index in [0.29, 0.717) is 0 Å². The molecule has 1 aliphatic heterocycles. The minimum atomic E-state index is 0. The Morgan fingerprint density at radius 2 is 2.31 bits per heavy atom. The second-order valence-corrected chi connectivity index (χ2v) is 5.31. The molecule has 1 aromatic heterocycles. The Balaban J connectivity index is 0.00000128. The Hall–Kier alpha value is -0.0900. The highest BCUT2D eigenvalue weighted by atomic mass is 35.5. The highest BCUT2D eigenvalue weighted by molar-refractivity contribution is 7.09. The summed E-state index contributed by atoms with van der Waals surface area (Å²) in [6.45, 7) is 3.20. The van der Waals surface area contributed by atoms with Crippen LogP contribution in [0.4, 0.5) is 0 Å². The largest absolute Gasteiger partial charge is 0.330 e. The molecule has 1 unspecified atom stereocenters. The maximum absolute atomic E-state index is 5.67. The van der Waals surface area contributed by atoms with Crippen LogP contribution in [0.3, 0.4) is 0 Å². The van der Waals surface area contributed by atoms with E-state index < -0.39 is 0 Å². The van der Waals surface area contributed by atoms with Gasteiger partial charge in [0.15, 0.2) is 0 Å². The fraction of sp³-hybridized carbons (Fsp3) is 0.667. The topological polar surface area (TPSA) is 29.3 Å². The molecule has 2 rings (SSSR count). The van der Waals surface area contributed by atoms with Crippen LogP contribution in [-0.4, -0.2) is 24.0 Å². The van der Waals surface area contributed by atoms with Gasteiger partial charge in [0.1, 0.15) is 0 Å². The Morgan fingerprint density at radius 1 is 1.44 bits per heavy atom. The zero-order valence-electron chi connectivity index (χ0n) is 9.60. The van der Waals surface area contributed by atoms with Crippen LogP contribution in [0.15, 0.2) is 17.5 Å². The summed E-state index contributed by atoms with van der Waals surface area (Å²) in [6, 6.07) is 5.10. The quantitative estimate of drug-likeness (QED) is 0.902. The van der Waals surface area contributed by atoms with Crippen molar-refractivity contribution in [1.29, 1.82) is 0 Å². The molecule has 4 heteroatoms. The normalized spacial score (nSPS) is 21.7. The molecule has 0 amide bonds. The van der Waals surface area contributed by atoms with E-state index >= 15 is 0 Å². The molecule has 0 aliphatic carbocycles. The van der Waals surface area contributed by atoms with Crippen molar-refractivity contribution >= 4 is 23.7 Å². The Kier molecular flexibility index (Phi) is 6.36. The Labute approximate surface area is 108 Å². The third-order valence-corrected chi connectivity index (χ3v) is 4.05. The van der Waals surface area contributed by atoms with Crippen LogP contribution in [0.1, 0.15) is 30.6 Å². The number of nitrogens with two attached hydrogens (primary N) is 1. The molecule has 1 fully saturated rings. The van der Waals surface area contributed by atoms with Gasteiger partial charge in [-0.3, -0.25) is 4.90 Å². The van der Waals surface area contributed by atoms with E-state index in [9.17, 15) is 0 Å². The third kappa shape index (κ3) is 3.74. The zero-order valence-corrected chi connectivity index (χ0v) is 11.2. The van der Waals surface area contributed by atoms with Gasteiger partial charge in [-0.25, -0.2) is 0 Å². The van der Waals surface area contributed by atoms with E-state index in [1.165, 1.54) is 30.7 Å². The van der Waals surface area contributed by atoms with Gasteiger partial charge in [-0.15, -0.1) is 23.7 Å². The number of hydrogen-bond acceptors (Lipinski definition) is 3. The minimum Gasteiger partial charge on any atom is -0.330 e. The maximum atomic E-state index is 5.67. The number of likely N-dealkylation sites (tertiary alicyclic amines) is 1. The maximum Gasteiger partial charge on any atom is 0.0330 e. The van der Waals surface area contributed by atoms with Crippen LogP contribution in [0, 0.1) is 0 Å². The molecule has 1 aromatic rings. The molecule has 0 spiro atoms. The fourth-order valence-electron chi connectivity index (χ4n) is 2.39. The number of rotatable bonds is 4. The number of piperidine rings is 1. The highest BCUT2D eigenvalue weighted by Crippen LogP contribution is 2.22. The lowest BCUT2D eigenvalue weighted by molar-refractivity contribution is 0.135. The van der Waals surface area contributed by atoms with Crippen molar-refractivity contribution in [3.63, 3.8) is 0 Å². The number of hydrogen-bond donors (Lipinski definition) is 1. The third-order valence-electron chi connectivity index (χ3n) is 3.19. The van der Waals surface area contributed by atoms with Crippen molar-refractivity contribution < 1.29 is 0 Å². The van der Waals surface area contributed by atoms with Gasteiger partial charge in [-0.1, -0.05) is 12.5 Å². The lowest BCUT2D eigenvalue weighted by Gasteiger charge is -2.35. The first-order valence-corrected chi connectivity index (χ1v) is 6.74. The van der Waals surface area contributed by atoms with Crippen LogP contribution in [0.2, 0.25) is 0 Å². The van der Waals surface area contributed by atoms with Crippen molar-refractivity contribution in [1.82, 2.24) is 4.90 Å². The van der Waals surface area contributed by atoms with Crippen molar-refractivity contribution in [2.75, 3.05) is 13.1 Å². The molecule has 2 heterocycles. The number of thiophene rings is 1. The second-order valence-electron chi connectivity index (χ2n) is 4.28. The first-order chi connectivity index (χ1) is 7.40. The number of halogens is 1.